The number of nitrogens with two attached hydrogens (primary N) is 1. The smallest absolute Gasteiger partial charge is 0.125 e. The molecule has 2 N–H and O–H groups in total. The molecule has 2 rings (SSSR count). The molecular formula is C16H25NO2. The Morgan fingerprint density at radius 3 is 2.37 bits per heavy atom. The second kappa shape index (κ2) is 4.80. The quantitative estimate of drug-likeness (QED) is 0.908. The predicted octanol–water partition coefficient (Wildman–Crippen LogP) is 2.71. The van der Waals surface area contributed by atoms with E-state index < -0.39 is 0 Å². The molecule has 1 saturated heterocycles. The van der Waals surface area contributed by atoms with Crippen LogP contribution in [0.4, 0.5) is 0 Å². The van der Waals surface area contributed by atoms with Gasteiger partial charge in [-0.3, -0.25) is 0 Å². The van der Waals surface area contributed by atoms with Crippen LogP contribution in [-0.2, 0) is 10.2 Å². The second-order valence-corrected chi connectivity index (χ2v) is 6.60. The monoisotopic (exact) mass is 263 g/mol. The molecule has 1 aromatic carbocycles. The predicted molar refractivity (Wildman–Crippen MR) is 77.8 cm³/mol. The fourth-order valence-corrected chi connectivity index (χ4v) is 3.19. The van der Waals surface area contributed by atoms with Crippen LogP contribution in [-0.4, -0.2) is 25.9 Å². The van der Waals surface area contributed by atoms with Crippen molar-refractivity contribution in [1.82, 2.24) is 0 Å². The molecule has 0 bridgehead atoms. The summed E-state index contributed by atoms with van der Waals surface area (Å²) in [6.07, 6.45) is 0.902. The van der Waals surface area contributed by atoms with E-state index in [1.807, 2.05) is 0 Å². The van der Waals surface area contributed by atoms with E-state index in [4.69, 9.17) is 15.2 Å². The van der Waals surface area contributed by atoms with Crippen molar-refractivity contribution in [2.45, 2.75) is 45.1 Å². The molecule has 106 valence electrons. The fourth-order valence-electron chi connectivity index (χ4n) is 3.19. The molecule has 0 aromatic heterocycles. The highest BCUT2D eigenvalue weighted by Gasteiger charge is 2.45. The summed E-state index contributed by atoms with van der Waals surface area (Å²) in [6.45, 7) is 9.82. The number of aryl methyl sites for hydroxylation is 2. The number of rotatable bonds is 4. The molecule has 0 saturated carbocycles. The first kappa shape index (κ1) is 14.4. The zero-order valence-corrected chi connectivity index (χ0v) is 12.7. The van der Waals surface area contributed by atoms with Crippen molar-refractivity contribution in [2.75, 3.05) is 20.3 Å². The van der Waals surface area contributed by atoms with Gasteiger partial charge in [-0.05, 0) is 39.7 Å². The Balaban J connectivity index is 2.49. The Labute approximate surface area is 116 Å². The minimum Gasteiger partial charge on any atom is -0.496 e. The first-order valence-corrected chi connectivity index (χ1v) is 6.80. The summed E-state index contributed by atoms with van der Waals surface area (Å²) in [7, 11) is 1.74. The summed E-state index contributed by atoms with van der Waals surface area (Å²) >= 11 is 0. The van der Waals surface area contributed by atoms with Gasteiger partial charge in [0.15, 0.2) is 0 Å². The molecule has 1 fully saturated rings. The van der Waals surface area contributed by atoms with Gasteiger partial charge < -0.3 is 15.2 Å². The highest BCUT2D eigenvalue weighted by Crippen LogP contribution is 2.44. The zero-order chi connectivity index (χ0) is 14.3. The van der Waals surface area contributed by atoms with Crippen molar-refractivity contribution in [2.24, 2.45) is 5.73 Å². The van der Waals surface area contributed by atoms with E-state index in [0.29, 0.717) is 0 Å². The van der Waals surface area contributed by atoms with Crippen molar-refractivity contribution in [3.05, 3.63) is 28.8 Å². The molecule has 3 nitrogen and oxygen atoms in total. The van der Waals surface area contributed by atoms with Gasteiger partial charge in [-0.15, -0.1) is 0 Å². The lowest BCUT2D eigenvalue weighted by Crippen LogP contribution is -2.53. The molecule has 0 amide bonds. The number of hydrogen-bond acceptors (Lipinski definition) is 3. The van der Waals surface area contributed by atoms with E-state index >= 15 is 0 Å². The molecule has 0 spiro atoms. The van der Waals surface area contributed by atoms with Crippen molar-refractivity contribution in [1.29, 1.82) is 0 Å². The molecule has 1 heterocycles. The van der Waals surface area contributed by atoms with Crippen LogP contribution in [0.1, 0.15) is 37.0 Å². The molecule has 1 aliphatic rings. The van der Waals surface area contributed by atoms with Gasteiger partial charge in [0.1, 0.15) is 5.75 Å². The molecule has 0 radical (unpaired) electrons. The third-order valence-electron chi connectivity index (χ3n) is 3.75. The Hall–Kier alpha value is -1.06. The Morgan fingerprint density at radius 2 is 1.95 bits per heavy atom. The van der Waals surface area contributed by atoms with E-state index in [-0.39, 0.29) is 11.0 Å². The minimum atomic E-state index is -0.216. The van der Waals surface area contributed by atoms with E-state index in [9.17, 15) is 0 Å². The lowest BCUT2D eigenvalue weighted by Gasteiger charge is -2.46. The summed E-state index contributed by atoms with van der Waals surface area (Å²) in [5.74, 6) is 0.984. The molecule has 1 aliphatic heterocycles. The van der Waals surface area contributed by atoms with Gasteiger partial charge in [0.25, 0.3) is 0 Å². The fraction of sp³-hybridized carbons (Fsp3) is 0.625. The Morgan fingerprint density at radius 1 is 1.32 bits per heavy atom. The van der Waals surface area contributed by atoms with Crippen LogP contribution in [0, 0.1) is 13.8 Å². The molecule has 3 heteroatoms. The third-order valence-corrected chi connectivity index (χ3v) is 3.75. The summed E-state index contributed by atoms with van der Waals surface area (Å²) in [6, 6.07) is 4.38. The van der Waals surface area contributed by atoms with Crippen LogP contribution in [0.15, 0.2) is 12.1 Å². The lowest BCUT2D eigenvalue weighted by molar-refractivity contribution is -0.0728. The normalized spacial score (nSPS) is 18.0. The molecule has 0 unspecified atom stereocenters. The summed E-state index contributed by atoms with van der Waals surface area (Å²) in [4.78, 5) is 0. The van der Waals surface area contributed by atoms with Crippen molar-refractivity contribution in [3.63, 3.8) is 0 Å². The molecule has 19 heavy (non-hydrogen) atoms. The van der Waals surface area contributed by atoms with Crippen molar-refractivity contribution < 1.29 is 9.47 Å². The summed E-state index contributed by atoms with van der Waals surface area (Å²) < 4.78 is 11.1. The topological polar surface area (TPSA) is 44.5 Å². The first-order chi connectivity index (χ1) is 8.77. The van der Waals surface area contributed by atoms with Gasteiger partial charge in [0.05, 0.1) is 20.3 Å². The molecule has 0 aliphatic carbocycles. The van der Waals surface area contributed by atoms with Gasteiger partial charge in [0.2, 0.25) is 0 Å². The van der Waals surface area contributed by atoms with E-state index in [1.54, 1.807) is 7.11 Å². The average Bonchev–Trinajstić information content (AvgIpc) is 2.21. The van der Waals surface area contributed by atoms with Crippen LogP contribution in [0.3, 0.4) is 0 Å². The van der Waals surface area contributed by atoms with E-state index in [1.165, 1.54) is 16.7 Å². The van der Waals surface area contributed by atoms with Crippen molar-refractivity contribution in [3.8, 4) is 5.75 Å². The maximum Gasteiger partial charge on any atom is 0.125 e. The third kappa shape index (κ3) is 2.77. The Kier molecular flexibility index (Phi) is 3.63. The highest BCUT2D eigenvalue weighted by atomic mass is 16.5. The number of ether oxygens (including phenoxy) is 2. The second-order valence-electron chi connectivity index (χ2n) is 6.60. The number of methoxy groups -OCH3 is 1. The molecule has 0 atom stereocenters. The van der Waals surface area contributed by atoms with Crippen LogP contribution in [0.5, 0.6) is 5.75 Å². The summed E-state index contributed by atoms with van der Waals surface area (Å²) in [5.41, 5.74) is 9.71. The minimum absolute atomic E-state index is 0.000370. The highest BCUT2D eigenvalue weighted by molar-refractivity contribution is 5.49. The first-order valence-electron chi connectivity index (χ1n) is 6.80. The standard InChI is InChI=1S/C16H25NO2/c1-11-6-12(2)14(18-5)13(7-11)16(9-19-10-16)8-15(3,4)17/h6-7H,8-10,17H2,1-5H3. The van der Waals surface area contributed by atoms with E-state index in [0.717, 1.165) is 25.4 Å². The van der Waals surface area contributed by atoms with Crippen LogP contribution >= 0.6 is 0 Å². The van der Waals surface area contributed by atoms with Gasteiger partial charge >= 0.3 is 0 Å². The van der Waals surface area contributed by atoms with Crippen LogP contribution in [0.25, 0.3) is 0 Å². The van der Waals surface area contributed by atoms with Crippen LogP contribution in [0.2, 0.25) is 0 Å². The zero-order valence-electron chi connectivity index (χ0n) is 12.7. The maximum atomic E-state index is 6.24. The largest absolute Gasteiger partial charge is 0.496 e. The van der Waals surface area contributed by atoms with Crippen molar-refractivity contribution >= 4 is 0 Å². The van der Waals surface area contributed by atoms with Gasteiger partial charge in [-0.2, -0.15) is 0 Å². The van der Waals surface area contributed by atoms with E-state index in [2.05, 4.69) is 39.8 Å². The maximum absolute atomic E-state index is 6.24. The number of benzene rings is 1. The summed E-state index contributed by atoms with van der Waals surface area (Å²) in [5, 5.41) is 0. The molecule has 1 aromatic rings. The Bertz CT molecular complexity index is 470. The molecular weight excluding hydrogens is 238 g/mol. The lowest BCUT2D eigenvalue weighted by atomic mass is 9.70. The van der Waals surface area contributed by atoms with Gasteiger partial charge in [-0.25, -0.2) is 0 Å². The van der Waals surface area contributed by atoms with Gasteiger partial charge in [-0.1, -0.05) is 17.7 Å². The number of hydrogen-bond donors (Lipinski definition) is 1. The van der Waals surface area contributed by atoms with Crippen LogP contribution < -0.4 is 10.5 Å². The average molecular weight is 263 g/mol. The SMILES string of the molecule is COc1c(C)cc(C)cc1C1(CC(C)(C)N)COC1. The van der Waals surface area contributed by atoms with Gasteiger partial charge in [0, 0.05) is 16.5 Å².